The molecular formula is C12H21N3O4. The lowest BCUT2D eigenvalue weighted by atomic mass is 9.98. The van der Waals surface area contributed by atoms with E-state index in [1.54, 1.807) is 4.90 Å². The summed E-state index contributed by atoms with van der Waals surface area (Å²) in [5, 5.41) is 8.81. The van der Waals surface area contributed by atoms with Crippen molar-refractivity contribution in [3.63, 3.8) is 0 Å². The van der Waals surface area contributed by atoms with Gasteiger partial charge in [-0.2, -0.15) is 0 Å². The molecule has 0 aromatic carbocycles. The lowest BCUT2D eigenvalue weighted by Crippen LogP contribution is -2.55. The number of carboxylic acids is 1. The molecule has 0 bridgehead atoms. The van der Waals surface area contributed by atoms with E-state index in [0.29, 0.717) is 0 Å². The Morgan fingerprint density at radius 2 is 1.74 bits per heavy atom. The number of amides is 3. The van der Waals surface area contributed by atoms with Crippen LogP contribution >= 0.6 is 0 Å². The Labute approximate surface area is 112 Å². The van der Waals surface area contributed by atoms with Gasteiger partial charge in [-0.05, 0) is 33.1 Å². The lowest BCUT2D eigenvalue weighted by Gasteiger charge is -2.41. The highest BCUT2D eigenvalue weighted by atomic mass is 16.4. The summed E-state index contributed by atoms with van der Waals surface area (Å²) in [7, 11) is 0. The Bertz CT molecular complexity index is 346. The summed E-state index contributed by atoms with van der Waals surface area (Å²) in [5.41, 5.74) is 5.06. The van der Waals surface area contributed by atoms with Crippen molar-refractivity contribution in [1.82, 2.24) is 9.80 Å². The minimum Gasteiger partial charge on any atom is -0.480 e. The average molecular weight is 271 g/mol. The highest BCUT2D eigenvalue weighted by Crippen LogP contribution is 2.23. The van der Waals surface area contributed by atoms with Crippen LogP contribution in [0.3, 0.4) is 0 Å². The SMILES string of the molecule is CC1CCCC(C)N1C(=O)N(CC(N)=O)CC(=O)O. The molecule has 7 nitrogen and oxygen atoms in total. The van der Waals surface area contributed by atoms with Gasteiger partial charge in [0.1, 0.15) is 13.1 Å². The van der Waals surface area contributed by atoms with Crippen LogP contribution in [0.25, 0.3) is 0 Å². The Morgan fingerprint density at radius 3 is 2.16 bits per heavy atom. The molecule has 0 saturated carbocycles. The molecule has 3 amide bonds. The average Bonchev–Trinajstić information content (AvgIpc) is 2.26. The van der Waals surface area contributed by atoms with E-state index in [4.69, 9.17) is 10.8 Å². The van der Waals surface area contributed by atoms with E-state index in [0.717, 1.165) is 24.2 Å². The van der Waals surface area contributed by atoms with Crippen molar-refractivity contribution in [3.05, 3.63) is 0 Å². The Morgan fingerprint density at radius 1 is 1.21 bits per heavy atom. The maximum atomic E-state index is 12.4. The summed E-state index contributed by atoms with van der Waals surface area (Å²) in [6.07, 6.45) is 2.81. The molecule has 0 radical (unpaired) electrons. The van der Waals surface area contributed by atoms with Gasteiger partial charge >= 0.3 is 12.0 Å². The van der Waals surface area contributed by atoms with Crippen LogP contribution in [0, 0.1) is 0 Å². The first-order valence-corrected chi connectivity index (χ1v) is 6.40. The van der Waals surface area contributed by atoms with Gasteiger partial charge in [-0.25, -0.2) is 4.79 Å². The van der Waals surface area contributed by atoms with E-state index in [2.05, 4.69) is 0 Å². The molecule has 1 saturated heterocycles. The quantitative estimate of drug-likeness (QED) is 0.764. The van der Waals surface area contributed by atoms with Gasteiger partial charge in [0.05, 0.1) is 0 Å². The van der Waals surface area contributed by atoms with Crippen LogP contribution < -0.4 is 5.73 Å². The Kier molecular flexibility index (Phi) is 5.14. The van der Waals surface area contributed by atoms with Crippen LogP contribution in [0.1, 0.15) is 33.1 Å². The normalized spacial score (nSPS) is 22.9. The van der Waals surface area contributed by atoms with Crippen molar-refractivity contribution >= 4 is 17.9 Å². The predicted molar refractivity (Wildman–Crippen MR) is 68.4 cm³/mol. The maximum absolute atomic E-state index is 12.4. The highest BCUT2D eigenvalue weighted by Gasteiger charge is 2.33. The fourth-order valence-electron chi connectivity index (χ4n) is 2.50. The number of aliphatic carboxylic acids is 1. The summed E-state index contributed by atoms with van der Waals surface area (Å²) in [5.74, 6) is -1.88. The first kappa shape index (κ1) is 15.3. The molecule has 2 atom stereocenters. The first-order valence-electron chi connectivity index (χ1n) is 6.40. The van der Waals surface area contributed by atoms with Crippen molar-refractivity contribution < 1.29 is 19.5 Å². The highest BCUT2D eigenvalue weighted by molar-refractivity contribution is 5.86. The molecule has 1 heterocycles. The summed E-state index contributed by atoms with van der Waals surface area (Å²) in [4.78, 5) is 36.7. The number of carbonyl (C=O) groups excluding carboxylic acids is 2. The summed E-state index contributed by atoms with van der Waals surface area (Å²) < 4.78 is 0. The molecule has 2 unspecified atom stereocenters. The van der Waals surface area contributed by atoms with Crippen LogP contribution in [0.5, 0.6) is 0 Å². The van der Waals surface area contributed by atoms with Crippen LogP contribution in [0.4, 0.5) is 4.79 Å². The molecule has 0 aromatic rings. The number of hydrogen-bond acceptors (Lipinski definition) is 3. The van der Waals surface area contributed by atoms with Crippen LogP contribution in [0.2, 0.25) is 0 Å². The third kappa shape index (κ3) is 4.11. The largest absolute Gasteiger partial charge is 0.480 e. The van der Waals surface area contributed by atoms with Crippen molar-refractivity contribution in [2.75, 3.05) is 13.1 Å². The second-order valence-corrected chi connectivity index (χ2v) is 5.03. The zero-order chi connectivity index (χ0) is 14.6. The Balaban J connectivity index is 2.84. The van der Waals surface area contributed by atoms with Gasteiger partial charge in [0.2, 0.25) is 5.91 Å². The molecular weight excluding hydrogens is 250 g/mol. The standard InChI is InChI=1S/C12H21N3O4/c1-8-4-3-5-9(2)15(8)12(19)14(6-10(13)16)7-11(17)18/h8-9H,3-7H2,1-2H3,(H2,13,16)(H,17,18). The van der Waals surface area contributed by atoms with Gasteiger partial charge in [-0.1, -0.05) is 0 Å². The number of likely N-dealkylation sites (tertiary alicyclic amines) is 1. The van der Waals surface area contributed by atoms with E-state index >= 15 is 0 Å². The number of nitrogens with two attached hydrogens (primary N) is 1. The minimum absolute atomic E-state index is 0.0421. The smallest absolute Gasteiger partial charge is 0.323 e. The number of piperidine rings is 1. The zero-order valence-corrected chi connectivity index (χ0v) is 11.3. The fraction of sp³-hybridized carbons (Fsp3) is 0.750. The molecule has 1 fully saturated rings. The molecule has 0 aromatic heterocycles. The number of primary amides is 1. The zero-order valence-electron chi connectivity index (χ0n) is 11.3. The third-order valence-electron chi connectivity index (χ3n) is 3.36. The maximum Gasteiger partial charge on any atom is 0.323 e. The lowest BCUT2D eigenvalue weighted by molar-refractivity contribution is -0.138. The number of hydrogen-bond donors (Lipinski definition) is 2. The minimum atomic E-state index is -1.16. The Hall–Kier alpha value is -1.79. The van der Waals surface area contributed by atoms with Crippen LogP contribution in [-0.4, -0.2) is 58.0 Å². The molecule has 7 heteroatoms. The topological polar surface area (TPSA) is 104 Å². The molecule has 3 N–H and O–H groups in total. The number of carboxylic acid groups (broad SMARTS) is 1. The fourth-order valence-corrected chi connectivity index (χ4v) is 2.50. The second-order valence-electron chi connectivity index (χ2n) is 5.03. The van der Waals surface area contributed by atoms with Crippen molar-refractivity contribution in [3.8, 4) is 0 Å². The van der Waals surface area contributed by atoms with Crippen molar-refractivity contribution in [2.45, 2.75) is 45.2 Å². The molecule has 19 heavy (non-hydrogen) atoms. The second kappa shape index (κ2) is 6.40. The number of rotatable bonds is 4. The molecule has 1 aliphatic heterocycles. The predicted octanol–water partition coefficient (Wildman–Crippen LogP) is 0.241. The number of nitrogens with zero attached hydrogens (tertiary/aromatic N) is 2. The number of carbonyl (C=O) groups is 3. The number of urea groups is 1. The van der Waals surface area contributed by atoms with Gasteiger partial charge < -0.3 is 20.6 Å². The van der Waals surface area contributed by atoms with E-state index in [-0.39, 0.29) is 18.6 Å². The molecule has 1 rings (SSSR count). The van der Waals surface area contributed by atoms with Crippen LogP contribution in [-0.2, 0) is 9.59 Å². The van der Waals surface area contributed by atoms with Crippen LogP contribution in [0.15, 0.2) is 0 Å². The molecule has 0 spiro atoms. The van der Waals surface area contributed by atoms with Gasteiger partial charge in [0.25, 0.3) is 0 Å². The van der Waals surface area contributed by atoms with Crippen molar-refractivity contribution in [2.24, 2.45) is 5.73 Å². The molecule has 108 valence electrons. The third-order valence-corrected chi connectivity index (χ3v) is 3.36. The summed E-state index contributed by atoms with van der Waals surface area (Å²) in [6, 6.07) is -0.346. The summed E-state index contributed by atoms with van der Waals surface area (Å²) in [6.45, 7) is 2.96. The van der Waals surface area contributed by atoms with E-state index in [1.165, 1.54) is 0 Å². The van der Waals surface area contributed by atoms with E-state index in [9.17, 15) is 14.4 Å². The van der Waals surface area contributed by atoms with Gasteiger partial charge in [-0.3, -0.25) is 9.59 Å². The van der Waals surface area contributed by atoms with E-state index < -0.39 is 24.5 Å². The summed E-state index contributed by atoms with van der Waals surface area (Å²) >= 11 is 0. The molecule has 1 aliphatic rings. The molecule has 0 aliphatic carbocycles. The van der Waals surface area contributed by atoms with Gasteiger partial charge in [-0.15, -0.1) is 0 Å². The van der Waals surface area contributed by atoms with Crippen molar-refractivity contribution in [1.29, 1.82) is 0 Å². The first-order chi connectivity index (χ1) is 8.82. The van der Waals surface area contributed by atoms with Gasteiger partial charge in [0.15, 0.2) is 0 Å². The monoisotopic (exact) mass is 271 g/mol. The van der Waals surface area contributed by atoms with Gasteiger partial charge in [0, 0.05) is 12.1 Å². The van der Waals surface area contributed by atoms with E-state index in [1.807, 2.05) is 13.8 Å².